The minimum Gasteiger partial charge on any atom is -0.396 e. The third-order valence-electron chi connectivity index (χ3n) is 2.06. The Balaban J connectivity index is 2.53. The molecule has 2 nitrogen and oxygen atoms in total. The molecule has 0 bridgehead atoms. The van der Waals surface area contributed by atoms with Crippen molar-refractivity contribution in [1.82, 2.24) is 0 Å². The van der Waals surface area contributed by atoms with Gasteiger partial charge in [0, 0.05) is 9.35 Å². The van der Waals surface area contributed by atoms with Crippen molar-refractivity contribution in [2.45, 2.75) is 0 Å². The first-order valence-corrected chi connectivity index (χ1v) is 7.80. The molecule has 2 aromatic rings. The number of halogens is 2. The zero-order chi connectivity index (χ0) is 12.4. The summed E-state index contributed by atoms with van der Waals surface area (Å²) in [7, 11) is 0. The zero-order valence-corrected chi connectivity index (χ0v) is 13.2. The van der Waals surface area contributed by atoms with Gasteiger partial charge in [-0.25, -0.2) is 0 Å². The van der Waals surface area contributed by atoms with E-state index in [1.807, 2.05) is 23.6 Å². The molecule has 2 N–H and O–H groups in total. The SMILES string of the molecule is N#C/C(=C(/N)c1cc(Br)c(Br)s1)c1cccs1. The van der Waals surface area contributed by atoms with Crippen LogP contribution in [-0.2, 0) is 0 Å². The predicted octanol–water partition coefficient (Wildman–Crippen LogP) is 4.69. The van der Waals surface area contributed by atoms with E-state index in [-0.39, 0.29) is 0 Å². The summed E-state index contributed by atoms with van der Waals surface area (Å²) in [5.41, 5.74) is 7.10. The van der Waals surface area contributed by atoms with Crippen molar-refractivity contribution in [3.8, 4) is 6.07 Å². The number of nitrogens with two attached hydrogens (primary N) is 1. The summed E-state index contributed by atoms with van der Waals surface area (Å²) < 4.78 is 1.92. The molecule has 0 aliphatic heterocycles. The number of hydrogen-bond acceptors (Lipinski definition) is 4. The monoisotopic (exact) mass is 388 g/mol. The van der Waals surface area contributed by atoms with Crippen LogP contribution in [0.1, 0.15) is 9.75 Å². The van der Waals surface area contributed by atoms with E-state index in [1.54, 1.807) is 0 Å². The van der Waals surface area contributed by atoms with Crippen molar-refractivity contribution in [1.29, 1.82) is 5.26 Å². The molecule has 2 rings (SSSR count). The maximum atomic E-state index is 9.21. The van der Waals surface area contributed by atoms with Crippen molar-refractivity contribution >= 4 is 65.8 Å². The Hall–Kier alpha value is -0.610. The van der Waals surface area contributed by atoms with Crippen LogP contribution in [0.25, 0.3) is 11.3 Å². The molecule has 0 aliphatic rings. The van der Waals surface area contributed by atoms with Crippen LogP contribution >= 0.6 is 54.5 Å². The highest BCUT2D eigenvalue weighted by molar-refractivity contribution is 9.13. The molecule has 0 radical (unpaired) electrons. The summed E-state index contributed by atoms with van der Waals surface area (Å²) in [6.45, 7) is 0. The molecule has 0 fully saturated rings. The number of allylic oxidation sites excluding steroid dienone is 1. The molecule has 0 atom stereocenters. The average Bonchev–Trinajstić information content (AvgIpc) is 2.91. The van der Waals surface area contributed by atoms with Gasteiger partial charge in [-0.05, 0) is 49.4 Å². The van der Waals surface area contributed by atoms with Gasteiger partial charge in [-0.15, -0.1) is 22.7 Å². The topological polar surface area (TPSA) is 49.8 Å². The molecule has 0 saturated heterocycles. The van der Waals surface area contributed by atoms with Crippen LogP contribution in [0.15, 0.2) is 31.8 Å². The fourth-order valence-corrected chi connectivity index (χ4v) is 4.00. The quantitative estimate of drug-likeness (QED) is 0.757. The van der Waals surface area contributed by atoms with Gasteiger partial charge in [0.15, 0.2) is 0 Å². The highest BCUT2D eigenvalue weighted by Gasteiger charge is 2.13. The summed E-state index contributed by atoms with van der Waals surface area (Å²) in [5.74, 6) is 0. The summed E-state index contributed by atoms with van der Waals surface area (Å²) in [6, 6.07) is 7.89. The first kappa shape index (κ1) is 12.8. The average molecular weight is 390 g/mol. The Bertz CT molecular complexity index is 586. The lowest BCUT2D eigenvalue weighted by Crippen LogP contribution is -1.97. The minimum atomic E-state index is 0.520. The molecule has 2 heterocycles. The fourth-order valence-electron chi connectivity index (χ4n) is 1.27. The van der Waals surface area contributed by atoms with E-state index in [2.05, 4.69) is 37.9 Å². The normalized spacial score (nSPS) is 12.1. The number of rotatable bonds is 2. The van der Waals surface area contributed by atoms with E-state index < -0.39 is 0 Å². The van der Waals surface area contributed by atoms with Crippen LogP contribution in [0.3, 0.4) is 0 Å². The van der Waals surface area contributed by atoms with Gasteiger partial charge in [0.05, 0.1) is 19.9 Å². The minimum absolute atomic E-state index is 0.520. The summed E-state index contributed by atoms with van der Waals surface area (Å²) >= 11 is 9.84. The summed E-state index contributed by atoms with van der Waals surface area (Å²) in [5, 5.41) is 11.1. The van der Waals surface area contributed by atoms with Gasteiger partial charge in [0.25, 0.3) is 0 Å². The van der Waals surface area contributed by atoms with Gasteiger partial charge in [-0.1, -0.05) is 6.07 Å². The summed E-state index contributed by atoms with van der Waals surface area (Å²) in [4.78, 5) is 1.78. The van der Waals surface area contributed by atoms with Gasteiger partial charge >= 0.3 is 0 Å². The van der Waals surface area contributed by atoms with Gasteiger partial charge in [-0.3, -0.25) is 0 Å². The lowest BCUT2D eigenvalue weighted by molar-refractivity contribution is 1.52. The van der Waals surface area contributed by atoms with Crippen molar-refractivity contribution < 1.29 is 0 Å². The van der Waals surface area contributed by atoms with Crippen LogP contribution in [0.5, 0.6) is 0 Å². The third kappa shape index (κ3) is 2.63. The molecular weight excluding hydrogens is 384 g/mol. The van der Waals surface area contributed by atoms with Gasteiger partial charge in [-0.2, -0.15) is 5.26 Å². The second-order valence-electron chi connectivity index (χ2n) is 3.11. The first-order valence-electron chi connectivity index (χ1n) is 4.52. The van der Waals surface area contributed by atoms with Gasteiger partial charge in [0.1, 0.15) is 6.07 Å². The zero-order valence-electron chi connectivity index (χ0n) is 8.41. The molecule has 0 spiro atoms. The molecule has 0 unspecified atom stereocenters. The molecule has 2 aromatic heterocycles. The van der Waals surface area contributed by atoms with E-state index in [4.69, 9.17) is 5.73 Å². The van der Waals surface area contributed by atoms with Crippen molar-refractivity contribution in [2.75, 3.05) is 0 Å². The van der Waals surface area contributed by atoms with Crippen molar-refractivity contribution in [3.63, 3.8) is 0 Å². The molecule has 0 aromatic carbocycles. The number of hydrogen-bond donors (Lipinski definition) is 1. The van der Waals surface area contributed by atoms with E-state index in [0.29, 0.717) is 11.3 Å². The van der Waals surface area contributed by atoms with Crippen LogP contribution in [0, 0.1) is 11.3 Å². The third-order valence-corrected chi connectivity index (χ3v) is 6.24. The van der Waals surface area contributed by atoms with Crippen LogP contribution < -0.4 is 5.73 Å². The van der Waals surface area contributed by atoms with Crippen LogP contribution in [0.4, 0.5) is 0 Å². The van der Waals surface area contributed by atoms with E-state index >= 15 is 0 Å². The first-order chi connectivity index (χ1) is 8.13. The maximum absolute atomic E-state index is 9.21. The molecule has 0 aliphatic carbocycles. The Morgan fingerprint density at radius 1 is 1.35 bits per heavy atom. The molecule has 17 heavy (non-hydrogen) atoms. The molecular formula is C11H6Br2N2S2. The standard InChI is InChI=1S/C11H6Br2N2S2/c12-7-4-9(17-11(7)13)10(15)6(5-14)8-2-1-3-16-8/h1-4H,15H2/b10-6-. The van der Waals surface area contributed by atoms with Crippen molar-refractivity contribution in [3.05, 3.63) is 41.6 Å². The fraction of sp³-hybridized carbons (Fsp3) is 0. The highest BCUT2D eigenvalue weighted by Crippen LogP contribution is 2.37. The Morgan fingerprint density at radius 3 is 2.59 bits per heavy atom. The van der Waals surface area contributed by atoms with E-state index in [1.165, 1.54) is 22.7 Å². The largest absolute Gasteiger partial charge is 0.396 e. The van der Waals surface area contributed by atoms with Crippen LogP contribution in [0.2, 0.25) is 0 Å². The summed E-state index contributed by atoms with van der Waals surface area (Å²) in [6.07, 6.45) is 0. The Labute approximate surface area is 124 Å². The molecule has 0 amide bonds. The van der Waals surface area contributed by atoms with E-state index in [9.17, 15) is 5.26 Å². The van der Waals surface area contributed by atoms with Gasteiger partial charge < -0.3 is 5.73 Å². The highest BCUT2D eigenvalue weighted by atomic mass is 79.9. The van der Waals surface area contributed by atoms with E-state index in [0.717, 1.165) is 18.0 Å². The number of nitrogens with zero attached hydrogens (tertiary/aromatic N) is 1. The number of thiophene rings is 2. The lowest BCUT2D eigenvalue weighted by atomic mass is 10.1. The predicted molar refractivity (Wildman–Crippen MR) is 80.7 cm³/mol. The Kier molecular flexibility index (Phi) is 4.05. The second-order valence-corrected chi connectivity index (χ2v) is 7.28. The smallest absolute Gasteiger partial charge is 0.103 e. The molecule has 6 heteroatoms. The lowest BCUT2D eigenvalue weighted by Gasteiger charge is -2.00. The molecule has 86 valence electrons. The van der Waals surface area contributed by atoms with Gasteiger partial charge in [0.2, 0.25) is 0 Å². The van der Waals surface area contributed by atoms with Crippen LogP contribution in [-0.4, -0.2) is 0 Å². The van der Waals surface area contributed by atoms with Crippen molar-refractivity contribution in [2.24, 2.45) is 5.73 Å². The number of nitriles is 1. The maximum Gasteiger partial charge on any atom is 0.103 e. The second kappa shape index (κ2) is 5.36. The molecule has 0 saturated carbocycles. The Morgan fingerprint density at radius 2 is 2.12 bits per heavy atom.